The topological polar surface area (TPSA) is 27.0 Å². The van der Waals surface area contributed by atoms with Crippen LogP contribution in [0.2, 0.25) is 0 Å². The Kier molecular flexibility index (Phi) is 1.30. The Morgan fingerprint density at radius 3 is 2.56 bits per heavy atom. The monoisotopic (exact) mass is 120 g/mol. The van der Waals surface area contributed by atoms with Crippen LogP contribution in [-0.4, -0.2) is 19.0 Å². The van der Waals surface area contributed by atoms with E-state index in [1.165, 1.54) is 0 Å². The SMILES string of the molecule is CN(C)C1=C=C(C#N)C1. The Bertz CT molecular complexity index is 224. The maximum Gasteiger partial charge on any atom is 0.104 e. The summed E-state index contributed by atoms with van der Waals surface area (Å²) in [5.74, 6) is 0. The molecule has 1 rings (SSSR count). The predicted octanol–water partition coefficient (Wildman–Crippen LogP) is 0.884. The van der Waals surface area contributed by atoms with Crippen molar-refractivity contribution in [2.45, 2.75) is 6.42 Å². The zero-order valence-corrected chi connectivity index (χ0v) is 5.60. The van der Waals surface area contributed by atoms with E-state index in [1.807, 2.05) is 25.1 Å². The third-order valence-corrected chi connectivity index (χ3v) is 1.31. The third kappa shape index (κ3) is 0.960. The Balaban J connectivity index is 2.75. The fourth-order valence-electron chi connectivity index (χ4n) is 0.661. The second kappa shape index (κ2) is 1.97. The van der Waals surface area contributed by atoms with Crippen molar-refractivity contribution in [3.63, 3.8) is 0 Å². The summed E-state index contributed by atoms with van der Waals surface area (Å²) in [6, 6.07) is 2.04. The Labute approximate surface area is 54.7 Å². The average Bonchev–Trinajstić information content (AvgIpc) is 1.61. The van der Waals surface area contributed by atoms with Crippen LogP contribution >= 0.6 is 0 Å². The Morgan fingerprint density at radius 1 is 1.67 bits per heavy atom. The molecule has 0 N–H and O–H groups in total. The summed E-state index contributed by atoms with van der Waals surface area (Å²) in [4.78, 5) is 1.97. The van der Waals surface area contributed by atoms with E-state index in [4.69, 9.17) is 5.26 Å². The molecule has 0 unspecified atom stereocenters. The molecule has 46 valence electrons. The maximum absolute atomic E-state index is 8.30. The first kappa shape index (κ1) is 5.94. The largest absolute Gasteiger partial charge is 0.374 e. The van der Waals surface area contributed by atoms with Gasteiger partial charge in [-0.2, -0.15) is 5.26 Å². The standard InChI is InChI=1S/C7H8N2/c1-9(2)7-3-6(4-7)5-8/h3H2,1-2H3. The number of nitrogens with zero attached hydrogens (tertiary/aromatic N) is 2. The molecule has 1 aliphatic rings. The zero-order chi connectivity index (χ0) is 6.85. The van der Waals surface area contributed by atoms with Gasteiger partial charge in [0.15, 0.2) is 0 Å². The van der Waals surface area contributed by atoms with Gasteiger partial charge in [0.25, 0.3) is 0 Å². The molecule has 2 nitrogen and oxygen atoms in total. The van der Waals surface area contributed by atoms with Gasteiger partial charge in [0.05, 0.1) is 11.3 Å². The molecule has 9 heavy (non-hydrogen) atoms. The summed E-state index contributed by atoms with van der Waals surface area (Å²) >= 11 is 0. The molecular weight excluding hydrogens is 112 g/mol. The quantitative estimate of drug-likeness (QED) is 0.480. The minimum absolute atomic E-state index is 0.763. The van der Waals surface area contributed by atoms with Crippen LogP contribution in [0.3, 0.4) is 0 Å². The molecule has 0 aromatic carbocycles. The fourth-order valence-corrected chi connectivity index (χ4v) is 0.661. The van der Waals surface area contributed by atoms with Crippen LogP contribution in [0, 0.1) is 11.3 Å². The average molecular weight is 120 g/mol. The maximum atomic E-state index is 8.30. The highest BCUT2D eigenvalue weighted by Gasteiger charge is 2.10. The molecule has 0 aliphatic heterocycles. The van der Waals surface area contributed by atoms with Gasteiger partial charge in [-0.05, 0) is 0 Å². The molecule has 0 saturated heterocycles. The van der Waals surface area contributed by atoms with Gasteiger partial charge in [-0.1, -0.05) is 5.73 Å². The van der Waals surface area contributed by atoms with Gasteiger partial charge in [-0.25, -0.2) is 0 Å². The first-order valence-corrected chi connectivity index (χ1v) is 2.80. The molecule has 0 spiro atoms. The first-order valence-electron chi connectivity index (χ1n) is 2.80. The van der Waals surface area contributed by atoms with Gasteiger partial charge in [0, 0.05) is 20.5 Å². The lowest BCUT2D eigenvalue weighted by molar-refractivity contribution is 0.490. The van der Waals surface area contributed by atoms with Crippen molar-refractivity contribution in [3.05, 3.63) is 17.0 Å². The van der Waals surface area contributed by atoms with Gasteiger partial charge in [0.2, 0.25) is 0 Å². The van der Waals surface area contributed by atoms with E-state index >= 15 is 0 Å². The van der Waals surface area contributed by atoms with Gasteiger partial charge in [-0.15, -0.1) is 0 Å². The van der Waals surface area contributed by atoms with E-state index in [0.717, 1.165) is 17.7 Å². The highest BCUT2D eigenvalue weighted by Crippen LogP contribution is 2.18. The van der Waals surface area contributed by atoms with Crippen LogP contribution in [-0.2, 0) is 0 Å². The summed E-state index contributed by atoms with van der Waals surface area (Å²) < 4.78 is 0. The first-order chi connectivity index (χ1) is 4.24. The van der Waals surface area contributed by atoms with E-state index < -0.39 is 0 Å². The van der Waals surface area contributed by atoms with Crippen LogP contribution in [0.25, 0.3) is 0 Å². The van der Waals surface area contributed by atoms with E-state index in [9.17, 15) is 0 Å². The van der Waals surface area contributed by atoms with E-state index in [1.54, 1.807) is 0 Å². The fraction of sp³-hybridized carbons (Fsp3) is 0.429. The summed E-state index contributed by atoms with van der Waals surface area (Å²) in [5.41, 5.74) is 4.81. The van der Waals surface area contributed by atoms with Crippen molar-refractivity contribution < 1.29 is 0 Å². The molecule has 0 atom stereocenters. The lowest BCUT2D eigenvalue weighted by atomic mass is 10.0. The predicted molar refractivity (Wildman–Crippen MR) is 34.5 cm³/mol. The van der Waals surface area contributed by atoms with Gasteiger partial charge >= 0.3 is 0 Å². The summed E-state index contributed by atoms with van der Waals surface area (Å²) in [6.45, 7) is 0. The molecule has 0 radical (unpaired) electrons. The van der Waals surface area contributed by atoms with E-state index in [-0.39, 0.29) is 0 Å². The van der Waals surface area contributed by atoms with Gasteiger partial charge in [-0.3, -0.25) is 0 Å². The van der Waals surface area contributed by atoms with Crippen LogP contribution < -0.4 is 0 Å². The van der Waals surface area contributed by atoms with Crippen LogP contribution in [0.5, 0.6) is 0 Å². The molecular formula is C7H8N2. The highest BCUT2D eigenvalue weighted by atomic mass is 15.1. The molecule has 0 saturated carbocycles. The smallest absolute Gasteiger partial charge is 0.104 e. The summed E-state index contributed by atoms with van der Waals surface area (Å²) in [6.07, 6.45) is 0.795. The van der Waals surface area contributed by atoms with Gasteiger partial charge in [0.1, 0.15) is 6.07 Å². The minimum atomic E-state index is 0.763. The van der Waals surface area contributed by atoms with Crippen molar-refractivity contribution >= 4 is 0 Å². The van der Waals surface area contributed by atoms with Crippen LogP contribution in [0.4, 0.5) is 0 Å². The molecule has 2 heteroatoms. The van der Waals surface area contributed by atoms with E-state index in [0.29, 0.717) is 0 Å². The number of rotatable bonds is 1. The van der Waals surface area contributed by atoms with Crippen LogP contribution in [0.15, 0.2) is 17.0 Å². The third-order valence-electron chi connectivity index (χ3n) is 1.31. The van der Waals surface area contributed by atoms with Crippen molar-refractivity contribution in [1.82, 2.24) is 4.90 Å². The summed E-state index contributed by atoms with van der Waals surface area (Å²) in [7, 11) is 3.91. The lowest BCUT2D eigenvalue weighted by Gasteiger charge is -2.18. The second-order valence-electron chi connectivity index (χ2n) is 2.23. The van der Waals surface area contributed by atoms with Crippen LogP contribution in [0.1, 0.15) is 6.42 Å². The highest BCUT2D eigenvalue weighted by molar-refractivity contribution is 5.34. The molecule has 0 aromatic rings. The van der Waals surface area contributed by atoms with Crippen molar-refractivity contribution in [3.8, 4) is 6.07 Å². The van der Waals surface area contributed by atoms with Crippen molar-refractivity contribution in [2.24, 2.45) is 0 Å². The number of hydrogen-bond acceptors (Lipinski definition) is 2. The Hall–Kier alpha value is -1.19. The lowest BCUT2D eigenvalue weighted by Crippen LogP contribution is -2.14. The minimum Gasteiger partial charge on any atom is -0.374 e. The molecule has 1 aliphatic carbocycles. The molecule has 0 fully saturated rings. The molecule has 0 aromatic heterocycles. The van der Waals surface area contributed by atoms with E-state index in [2.05, 4.69) is 5.73 Å². The van der Waals surface area contributed by atoms with Crippen molar-refractivity contribution in [1.29, 1.82) is 5.26 Å². The number of nitriles is 1. The number of hydrogen-bond donors (Lipinski definition) is 0. The normalized spacial score (nSPS) is 14.8. The second-order valence-corrected chi connectivity index (χ2v) is 2.23. The molecule has 0 heterocycles. The summed E-state index contributed by atoms with van der Waals surface area (Å²) in [5, 5.41) is 8.30. The van der Waals surface area contributed by atoms with Crippen molar-refractivity contribution in [2.75, 3.05) is 14.1 Å². The molecule has 0 amide bonds. The van der Waals surface area contributed by atoms with Gasteiger partial charge < -0.3 is 4.90 Å². The Morgan fingerprint density at radius 2 is 2.22 bits per heavy atom. The zero-order valence-electron chi connectivity index (χ0n) is 5.60. The molecule has 0 bridgehead atoms.